The van der Waals surface area contributed by atoms with E-state index in [4.69, 9.17) is 11.6 Å². The van der Waals surface area contributed by atoms with Crippen LogP contribution in [0.4, 0.5) is 5.82 Å². The number of likely N-dealkylation sites (N-methyl/N-ethyl adjacent to an activating group) is 1. The van der Waals surface area contributed by atoms with Crippen LogP contribution in [-0.2, 0) is 16.4 Å². The van der Waals surface area contributed by atoms with Gasteiger partial charge in [0.15, 0.2) is 0 Å². The minimum atomic E-state index is -3.47. The third-order valence-corrected chi connectivity index (χ3v) is 6.56. The summed E-state index contributed by atoms with van der Waals surface area (Å²) < 4.78 is 26.9. The number of nitrogens with zero attached hydrogens (tertiary/aromatic N) is 3. The highest BCUT2D eigenvalue weighted by Gasteiger charge is 2.27. The molecule has 1 aromatic carbocycles. The molecule has 1 aliphatic rings. The van der Waals surface area contributed by atoms with Crippen LogP contribution in [-0.4, -0.2) is 62.4 Å². The fraction of sp³-hybridized carbons (Fsp3) is 0.389. The average molecular weight is 395 g/mol. The summed E-state index contributed by atoms with van der Waals surface area (Å²) in [6.45, 7) is 3.21. The molecule has 8 heteroatoms. The molecule has 0 amide bonds. The van der Waals surface area contributed by atoms with Crippen LogP contribution in [0.15, 0.2) is 47.5 Å². The zero-order valence-electron chi connectivity index (χ0n) is 14.7. The summed E-state index contributed by atoms with van der Waals surface area (Å²) in [6, 6.07) is 11.0. The molecule has 1 aromatic heterocycles. The molecule has 0 radical (unpaired) electrons. The van der Waals surface area contributed by atoms with Gasteiger partial charge in [0.05, 0.1) is 0 Å². The maximum Gasteiger partial charge on any atom is 0.244 e. The van der Waals surface area contributed by atoms with Crippen molar-refractivity contribution in [1.82, 2.24) is 14.2 Å². The van der Waals surface area contributed by atoms with Crippen LogP contribution in [0.5, 0.6) is 0 Å². The lowest BCUT2D eigenvalue weighted by Gasteiger charge is -2.31. The molecule has 6 nitrogen and oxygen atoms in total. The predicted molar refractivity (Wildman–Crippen MR) is 104 cm³/mol. The highest BCUT2D eigenvalue weighted by atomic mass is 35.5. The van der Waals surface area contributed by atoms with Gasteiger partial charge < -0.3 is 10.2 Å². The maximum atomic E-state index is 12.7. The molecule has 3 rings (SSSR count). The van der Waals surface area contributed by atoms with Crippen molar-refractivity contribution < 1.29 is 8.42 Å². The molecule has 1 saturated heterocycles. The Balaban J connectivity index is 1.57. The number of hydrogen-bond donors (Lipinski definition) is 1. The first-order valence-electron chi connectivity index (χ1n) is 8.58. The van der Waals surface area contributed by atoms with Crippen LogP contribution in [0.2, 0.25) is 5.02 Å². The molecule has 0 atom stereocenters. The number of rotatable bonds is 6. The lowest BCUT2D eigenvalue weighted by molar-refractivity contribution is 0.222. The molecule has 1 N–H and O–H groups in total. The third-order valence-electron chi connectivity index (χ3n) is 4.45. The Morgan fingerprint density at radius 3 is 2.58 bits per heavy atom. The Hall–Kier alpha value is -1.67. The van der Waals surface area contributed by atoms with Crippen LogP contribution in [0.3, 0.4) is 0 Å². The first-order chi connectivity index (χ1) is 12.4. The normalized spacial score (nSPS) is 16.5. The number of benzene rings is 1. The lowest BCUT2D eigenvalue weighted by Crippen LogP contribution is -2.47. The van der Waals surface area contributed by atoms with Crippen LogP contribution in [0.1, 0.15) is 5.56 Å². The summed E-state index contributed by atoms with van der Waals surface area (Å²) in [5.41, 5.74) is 1.14. The van der Waals surface area contributed by atoms with Gasteiger partial charge in [0.25, 0.3) is 0 Å². The van der Waals surface area contributed by atoms with E-state index in [1.165, 1.54) is 10.5 Å². The molecule has 1 aliphatic heterocycles. The average Bonchev–Trinajstić information content (AvgIpc) is 2.63. The maximum absolute atomic E-state index is 12.7. The summed E-state index contributed by atoms with van der Waals surface area (Å²) in [5, 5.41) is 3.93. The van der Waals surface area contributed by atoms with Crippen molar-refractivity contribution in [3.8, 4) is 0 Å². The summed E-state index contributed by atoms with van der Waals surface area (Å²) in [6.07, 6.45) is 2.24. The molecule has 0 aliphatic carbocycles. The molecular formula is C18H23ClN4O2S. The van der Waals surface area contributed by atoms with Gasteiger partial charge in [-0.2, -0.15) is 4.31 Å². The monoisotopic (exact) mass is 394 g/mol. The topological polar surface area (TPSA) is 65.5 Å². The standard InChI is InChI=1S/C18H23ClN4O2S/c1-22-9-11-23(12-10-22)26(24,25)17-5-6-18(21-14-17)20-8-7-15-3-2-4-16(19)13-15/h2-6,13-14H,7-12H2,1H3,(H,20,21). The summed E-state index contributed by atoms with van der Waals surface area (Å²) in [4.78, 5) is 6.61. The molecule has 26 heavy (non-hydrogen) atoms. The zero-order chi connectivity index (χ0) is 18.6. The summed E-state index contributed by atoms with van der Waals surface area (Å²) in [5.74, 6) is 0.657. The van der Waals surface area contributed by atoms with Crippen molar-refractivity contribution in [3.63, 3.8) is 0 Å². The molecule has 0 unspecified atom stereocenters. The molecule has 1 fully saturated rings. The van der Waals surface area contributed by atoms with Crippen molar-refractivity contribution in [2.24, 2.45) is 0 Å². The number of sulfonamides is 1. The highest BCUT2D eigenvalue weighted by molar-refractivity contribution is 7.89. The molecule has 0 saturated carbocycles. The van der Waals surface area contributed by atoms with E-state index >= 15 is 0 Å². The van der Waals surface area contributed by atoms with Crippen molar-refractivity contribution in [2.75, 3.05) is 45.1 Å². The molecule has 140 valence electrons. The van der Waals surface area contributed by atoms with E-state index in [1.54, 1.807) is 12.1 Å². The lowest BCUT2D eigenvalue weighted by atomic mass is 10.1. The van der Waals surface area contributed by atoms with Gasteiger partial charge in [-0.3, -0.25) is 0 Å². The largest absolute Gasteiger partial charge is 0.370 e. The molecule has 2 heterocycles. The third kappa shape index (κ3) is 4.73. The first kappa shape index (κ1) is 19.1. The first-order valence-corrected chi connectivity index (χ1v) is 10.4. The fourth-order valence-electron chi connectivity index (χ4n) is 2.84. The molecule has 0 spiro atoms. The SMILES string of the molecule is CN1CCN(S(=O)(=O)c2ccc(NCCc3cccc(Cl)c3)nc2)CC1. The second kappa shape index (κ2) is 8.35. The number of hydrogen-bond acceptors (Lipinski definition) is 5. The number of anilines is 1. The highest BCUT2D eigenvalue weighted by Crippen LogP contribution is 2.18. The summed E-state index contributed by atoms with van der Waals surface area (Å²) in [7, 11) is -1.47. The zero-order valence-corrected chi connectivity index (χ0v) is 16.3. The van der Waals surface area contributed by atoms with E-state index in [1.807, 2.05) is 31.3 Å². The Morgan fingerprint density at radius 1 is 1.15 bits per heavy atom. The van der Waals surface area contributed by atoms with E-state index in [9.17, 15) is 8.42 Å². The van der Waals surface area contributed by atoms with E-state index in [0.29, 0.717) is 25.5 Å². The Labute approximate surface area is 159 Å². The van der Waals surface area contributed by atoms with Gasteiger partial charge in [0.1, 0.15) is 10.7 Å². The quantitative estimate of drug-likeness (QED) is 0.814. The van der Waals surface area contributed by atoms with Gasteiger partial charge in [-0.25, -0.2) is 13.4 Å². The van der Waals surface area contributed by atoms with Gasteiger partial charge >= 0.3 is 0 Å². The van der Waals surface area contributed by atoms with Gasteiger partial charge in [-0.1, -0.05) is 23.7 Å². The van der Waals surface area contributed by atoms with Crippen LogP contribution in [0.25, 0.3) is 0 Å². The number of aromatic nitrogens is 1. The van der Waals surface area contributed by atoms with E-state index in [-0.39, 0.29) is 4.90 Å². The van der Waals surface area contributed by atoms with Gasteiger partial charge in [0, 0.05) is 43.9 Å². The summed E-state index contributed by atoms with van der Waals surface area (Å²) >= 11 is 5.98. The second-order valence-electron chi connectivity index (χ2n) is 6.39. The number of piperazine rings is 1. The van der Waals surface area contributed by atoms with Crippen LogP contribution >= 0.6 is 11.6 Å². The molecular weight excluding hydrogens is 372 g/mol. The Bertz CT molecular complexity index is 835. The minimum absolute atomic E-state index is 0.238. The minimum Gasteiger partial charge on any atom is -0.370 e. The number of pyridine rings is 1. The van der Waals surface area contributed by atoms with E-state index in [0.717, 1.165) is 30.1 Å². The Morgan fingerprint density at radius 2 is 1.92 bits per heavy atom. The number of nitrogens with one attached hydrogen (secondary N) is 1. The van der Waals surface area contributed by atoms with Crippen molar-refractivity contribution in [1.29, 1.82) is 0 Å². The number of halogens is 1. The van der Waals surface area contributed by atoms with E-state index in [2.05, 4.69) is 15.2 Å². The van der Waals surface area contributed by atoms with Gasteiger partial charge in [-0.05, 0) is 43.3 Å². The van der Waals surface area contributed by atoms with Crippen LogP contribution in [0, 0.1) is 0 Å². The van der Waals surface area contributed by atoms with Crippen molar-refractivity contribution in [2.45, 2.75) is 11.3 Å². The molecule has 0 bridgehead atoms. The van der Waals surface area contributed by atoms with E-state index < -0.39 is 10.0 Å². The molecule has 2 aromatic rings. The second-order valence-corrected chi connectivity index (χ2v) is 8.77. The van der Waals surface area contributed by atoms with Gasteiger partial charge in [0.2, 0.25) is 10.0 Å². The van der Waals surface area contributed by atoms with Crippen molar-refractivity contribution >= 4 is 27.4 Å². The smallest absolute Gasteiger partial charge is 0.244 e. The van der Waals surface area contributed by atoms with Gasteiger partial charge in [-0.15, -0.1) is 0 Å². The predicted octanol–water partition coefficient (Wildman–Crippen LogP) is 2.33. The Kier molecular flexibility index (Phi) is 6.13. The fourth-order valence-corrected chi connectivity index (χ4v) is 4.42. The van der Waals surface area contributed by atoms with Crippen molar-refractivity contribution in [3.05, 3.63) is 53.2 Å². The van der Waals surface area contributed by atoms with Crippen LogP contribution < -0.4 is 5.32 Å².